The summed E-state index contributed by atoms with van der Waals surface area (Å²) in [4.78, 5) is 10.2. The molecule has 2 heterocycles. The van der Waals surface area contributed by atoms with Crippen LogP contribution >= 0.6 is 0 Å². The van der Waals surface area contributed by atoms with Gasteiger partial charge < -0.3 is 14.7 Å². The third-order valence-corrected chi connectivity index (χ3v) is 7.30. The maximum Gasteiger partial charge on any atom is 0.250 e. The minimum absolute atomic E-state index is 0.0745. The van der Waals surface area contributed by atoms with Gasteiger partial charge in [-0.05, 0) is 43.0 Å². The Balaban J connectivity index is 1.54. The molecule has 4 rings (SSSR count). The number of nitrogens with zero attached hydrogens (tertiary/aromatic N) is 5. The third kappa shape index (κ3) is 5.10. The second-order valence-electron chi connectivity index (χ2n) is 9.82. The summed E-state index contributed by atoms with van der Waals surface area (Å²) in [6.07, 6.45) is 7.52. The summed E-state index contributed by atoms with van der Waals surface area (Å²) >= 11 is 0. The molecule has 192 valence electrons. The van der Waals surface area contributed by atoms with Crippen molar-refractivity contribution in [3.05, 3.63) is 42.5 Å². The Morgan fingerprint density at radius 2 is 1.94 bits per heavy atom. The lowest BCUT2D eigenvalue weighted by Gasteiger charge is -2.39. The summed E-state index contributed by atoms with van der Waals surface area (Å²) < 4.78 is 34.6. The number of ether oxygens (including phenoxy) is 1. The minimum Gasteiger partial charge on any atom is -0.507 e. The highest BCUT2D eigenvalue weighted by molar-refractivity contribution is 5.72. The van der Waals surface area contributed by atoms with Gasteiger partial charge in [0.15, 0.2) is 17.5 Å². The van der Waals surface area contributed by atoms with E-state index in [0.29, 0.717) is 22.5 Å². The van der Waals surface area contributed by atoms with Gasteiger partial charge in [-0.3, -0.25) is 0 Å². The Morgan fingerprint density at radius 3 is 2.58 bits per heavy atom. The van der Waals surface area contributed by atoms with Gasteiger partial charge in [-0.15, -0.1) is 10.2 Å². The molecule has 1 saturated carbocycles. The summed E-state index contributed by atoms with van der Waals surface area (Å²) in [5.74, 6) is -0.0339. The van der Waals surface area contributed by atoms with Gasteiger partial charge in [0, 0.05) is 24.2 Å². The number of benzene rings is 1. The van der Waals surface area contributed by atoms with Crippen molar-refractivity contribution in [1.29, 1.82) is 0 Å². The summed E-state index contributed by atoms with van der Waals surface area (Å²) in [6, 6.07) is 5.86. The third-order valence-electron chi connectivity index (χ3n) is 7.30. The molecule has 36 heavy (non-hydrogen) atoms. The number of alkyl halides is 1. The fourth-order valence-corrected chi connectivity index (χ4v) is 5.21. The fraction of sp³-hybridized carbons (Fsp3) is 0.481. The van der Waals surface area contributed by atoms with Crippen LogP contribution in [-0.2, 0) is 0 Å². The van der Waals surface area contributed by atoms with Gasteiger partial charge in [-0.25, -0.2) is 18.7 Å². The van der Waals surface area contributed by atoms with E-state index in [4.69, 9.17) is 4.74 Å². The van der Waals surface area contributed by atoms with Crippen molar-refractivity contribution < 1.29 is 18.6 Å². The molecule has 0 unspecified atom stereocenters. The molecule has 7 nitrogen and oxygen atoms in total. The van der Waals surface area contributed by atoms with Crippen molar-refractivity contribution in [3.63, 3.8) is 0 Å². The highest BCUT2D eigenvalue weighted by atomic mass is 19.1. The summed E-state index contributed by atoms with van der Waals surface area (Å²) in [7, 11) is 3.19. The number of phenols is 1. The van der Waals surface area contributed by atoms with Crippen LogP contribution in [0.3, 0.4) is 0 Å². The van der Waals surface area contributed by atoms with Crippen molar-refractivity contribution in [2.75, 3.05) is 19.1 Å². The van der Waals surface area contributed by atoms with Crippen molar-refractivity contribution >= 4 is 5.82 Å². The van der Waals surface area contributed by atoms with Crippen LogP contribution < -0.4 is 9.64 Å². The van der Waals surface area contributed by atoms with E-state index >= 15 is 4.39 Å². The van der Waals surface area contributed by atoms with E-state index < -0.39 is 12.0 Å². The molecule has 0 spiro atoms. The average molecular weight is 498 g/mol. The molecular weight excluding hydrogens is 464 g/mol. The van der Waals surface area contributed by atoms with Crippen LogP contribution in [0.4, 0.5) is 14.6 Å². The second kappa shape index (κ2) is 10.7. The first-order chi connectivity index (χ1) is 17.3. The highest BCUT2D eigenvalue weighted by Crippen LogP contribution is 2.42. The molecule has 9 heteroatoms. The standard InChI is InChI=1S/C27H33F2N5O2/c1-5-11-27(2)12-7-6-8-21(24(27)29)34(3)23-16-30-25(33-32-23)19-10-9-17(14-22(19)35)18-13-20(28)26(36-4)31-15-18/h9-10,13-16,21,24,35H,5-8,11-12H2,1-4H3/t21-,24-,27+/m0/s1. The molecule has 1 N–H and O–H groups in total. The summed E-state index contributed by atoms with van der Waals surface area (Å²) in [6.45, 7) is 4.16. The molecule has 2 aromatic heterocycles. The van der Waals surface area contributed by atoms with Crippen molar-refractivity contribution in [1.82, 2.24) is 20.2 Å². The smallest absolute Gasteiger partial charge is 0.250 e. The molecular formula is C27H33F2N5O2. The first kappa shape index (κ1) is 25.7. The fourth-order valence-electron chi connectivity index (χ4n) is 5.21. The predicted molar refractivity (Wildman–Crippen MR) is 135 cm³/mol. The number of hydrogen-bond acceptors (Lipinski definition) is 7. The number of aromatic nitrogens is 4. The topological polar surface area (TPSA) is 84.3 Å². The van der Waals surface area contributed by atoms with E-state index in [9.17, 15) is 9.50 Å². The largest absolute Gasteiger partial charge is 0.507 e. The molecule has 3 atom stereocenters. The lowest BCUT2D eigenvalue weighted by Crippen LogP contribution is -2.46. The summed E-state index contributed by atoms with van der Waals surface area (Å²) in [5.41, 5.74) is 1.11. The summed E-state index contributed by atoms with van der Waals surface area (Å²) in [5, 5.41) is 19.1. The lowest BCUT2D eigenvalue weighted by molar-refractivity contribution is 0.0868. The highest BCUT2D eigenvalue weighted by Gasteiger charge is 2.42. The minimum atomic E-state index is -0.972. The molecule has 1 aliphatic carbocycles. The molecule has 0 aliphatic heterocycles. The molecule has 1 aromatic carbocycles. The SMILES string of the molecule is CCC[C@]1(C)CCCC[C@H](N(C)c2cnc(-c3ccc(-c4cnc(OC)c(F)c4)cc3O)nn2)[C@@H]1F. The normalized spacial score (nSPS) is 22.2. The van der Waals surface area contributed by atoms with Gasteiger partial charge in [0.25, 0.3) is 0 Å². The first-order valence-electron chi connectivity index (χ1n) is 12.4. The average Bonchev–Trinajstić information content (AvgIpc) is 3.02. The van der Waals surface area contributed by atoms with Crippen LogP contribution in [0.5, 0.6) is 11.6 Å². The Labute approximate surface area is 210 Å². The lowest BCUT2D eigenvalue weighted by atomic mass is 9.76. The van der Waals surface area contributed by atoms with Crippen molar-refractivity contribution in [3.8, 4) is 34.1 Å². The molecule has 0 saturated heterocycles. The van der Waals surface area contributed by atoms with Crippen molar-refractivity contribution in [2.24, 2.45) is 5.41 Å². The van der Waals surface area contributed by atoms with E-state index in [1.165, 1.54) is 25.4 Å². The Hall–Kier alpha value is -3.36. The molecule has 0 bridgehead atoms. The van der Waals surface area contributed by atoms with Crippen LogP contribution in [0.1, 0.15) is 52.4 Å². The van der Waals surface area contributed by atoms with E-state index in [-0.39, 0.29) is 28.9 Å². The maximum absolute atomic E-state index is 15.7. The molecule has 1 fully saturated rings. The van der Waals surface area contributed by atoms with Gasteiger partial charge in [-0.2, -0.15) is 0 Å². The van der Waals surface area contributed by atoms with Crippen LogP contribution in [0.25, 0.3) is 22.5 Å². The molecule has 0 amide bonds. The Bertz CT molecular complexity index is 1190. The first-order valence-corrected chi connectivity index (χ1v) is 12.4. The number of pyridine rings is 1. The van der Waals surface area contributed by atoms with Gasteiger partial charge >= 0.3 is 0 Å². The van der Waals surface area contributed by atoms with E-state index in [2.05, 4.69) is 34.0 Å². The van der Waals surface area contributed by atoms with Crippen LogP contribution in [0.15, 0.2) is 36.7 Å². The van der Waals surface area contributed by atoms with Crippen LogP contribution in [0.2, 0.25) is 0 Å². The van der Waals surface area contributed by atoms with E-state index in [0.717, 1.165) is 38.5 Å². The molecule has 1 aliphatic rings. The second-order valence-corrected chi connectivity index (χ2v) is 9.82. The van der Waals surface area contributed by atoms with Gasteiger partial charge in [0.2, 0.25) is 5.88 Å². The zero-order chi connectivity index (χ0) is 25.9. The van der Waals surface area contributed by atoms with Gasteiger partial charge in [0.05, 0.1) is 24.9 Å². The molecule has 3 aromatic rings. The maximum atomic E-state index is 15.7. The number of methoxy groups -OCH3 is 1. The number of hydrogen-bond donors (Lipinski definition) is 1. The number of phenolic OH excluding ortho intramolecular Hbond substituents is 1. The monoisotopic (exact) mass is 497 g/mol. The quantitative estimate of drug-likeness (QED) is 0.402. The van der Waals surface area contributed by atoms with E-state index in [1.54, 1.807) is 18.3 Å². The number of halogens is 2. The van der Waals surface area contributed by atoms with Gasteiger partial charge in [0.1, 0.15) is 11.9 Å². The zero-order valence-electron chi connectivity index (χ0n) is 21.2. The number of anilines is 1. The molecule has 0 radical (unpaired) electrons. The predicted octanol–water partition coefficient (Wildman–Crippen LogP) is 5.98. The van der Waals surface area contributed by atoms with Crippen LogP contribution in [0, 0.1) is 11.2 Å². The Kier molecular flexibility index (Phi) is 7.66. The van der Waals surface area contributed by atoms with Crippen molar-refractivity contribution in [2.45, 2.75) is 64.6 Å². The Morgan fingerprint density at radius 1 is 1.14 bits per heavy atom. The number of aromatic hydroxyl groups is 1. The van der Waals surface area contributed by atoms with Crippen LogP contribution in [-0.4, -0.2) is 51.6 Å². The van der Waals surface area contributed by atoms with E-state index in [1.807, 2.05) is 11.9 Å². The zero-order valence-corrected chi connectivity index (χ0v) is 21.2. The number of rotatable bonds is 7. The van der Waals surface area contributed by atoms with Gasteiger partial charge in [-0.1, -0.05) is 39.2 Å².